The zero-order valence-corrected chi connectivity index (χ0v) is 12.7. The van der Waals surface area contributed by atoms with E-state index in [0.29, 0.717) is 17.1 Å². The van der Waals surface area contributed by atoms with Crippen LogP contribution >= 0.6 is 0 Å². The van der Waals surface area contributed by atoms with Crippen LogP contribution < -0.4 is 9.47 Å². The molecule has 0 fully saturated rings. The number of hydrogen-bond donors (Lipinski definition) is 0. The summed E-state index contributed by atoms with van der Waals surface area (Å²) >= 11 is 0. The number of ketones is 1. The quantitative estimate of drug-likeness (QED) is 0.529. The first-order valence-electron chi connectivity index (χ1n) is 6.49. The molecular formula is C15H18O7. The van der Waals surface area contributed by atoms with Gasteiger partial charge in [0, 0.05) is 5.56 Å². The van der Waals surface area contributed by atoms with Crippen LogP contribution in [0.15, 0.2) is 18.2 Å². The molecule has 0 atom stereocenters. The van der Waals surface area contributed by atoms with E-state index in [1.54, 1.807) is 12.1 Å². The van der Waals surface area contributed by atoms with Gasteiger partial charge in [0.15, 0.2) is 23.9 Å². The van der Waals surface area contributed by atoms with Crippen LogP contribution in [0.2, 0.25) is 0 Å². The van der Waals surface area contributed by atoms with Crippen LogP contribution in [0.5, 0.6) is 11.5 Å². The number of methoxy groups -OCH3 is 3. The van der Waals surface area contributed by atoms with E-state index in [-0.39, 0.29) is 18.6 Å². The lowest BCUT2D eigenvalue weighted by Gasteiger charge is -2.09. The number of carbonyl (C=O) groups is 3. The van der Waals surface area contributed by atoms with E-state index in [9.17, 15) is 14.4 Å². The van der Waals surface area contributed by atoms with Gasteiger partial charge >= 0.3 is 11.9 Å². The summed E-state index contributed by atoms with van der Waals surface area (Å²) in [5, 5.41) is 0. The van der Waals surface area contributed by atoms with Gasteiger partial charge in [-0.2, -0.15) is 0 Å². The second-order valence-electron chi connectivity index (χ2n) is 4.23. The van der Waals surface area contributed by atoms with Crippen LogP contribution in [0, 0.1) is 0 Å². The van der Waals surface area contributed by atoms with Gasteiger partial charge in [0.25, 0.3) is 0 Å². The fourth-order valence-electron chi connectivity index (χ4n) is 1.62. The smallest absolute Gasteiger partial charge is 0.306 e. The van der Waals surface area contributed by atoms with E-state index in [1.807, 2.05) is 0 Å². The topological polar surface area (TPSA) is 88.1 Å². The van der Waals surface area contributed by atoms with E-state index >= 15 is 0 Å². The molecule has 7 nitrogen and oxygen atoms in total. The second kappa shape index (κ2) is 8.66. The minimum Gasteiger partial charge on any atom is -0.493 e. The van der Waals surface area contributed by atoms with Gasteiger partial charge in [0.2, 0.25) is 0 Å². The Morgan fingerprint density at radius 2 is 1.55 bits per heavy atom. The minimum atomic E-state index is -0.640. The molecule has 22 heavy (non-hydrogen) atoms. The van der Waals surface area contributed by atoms with Crippen molar-refractivity contribution >= 4 is 17.7 Å². The summed E-state index contributed by atoms with van der Waals surface area (Å²) in [4.78, 5) is 34.2. The van der Waals surface area contributed by atoms with Gasteiger partial charge in [-0.25, -0.2) is 0 Å². The maximum Gasteiger partial charge on any atom is 0.306 e. The van der Waals surface area contributed by atoms with Crippen LogP contribution in [0.1, 0.15) is 23.2 Å². The molecule has 0 aromatic heterocycles. The van der Waals surface area contributed by atoms with Crippen molar-refractivity contribution in [3.8, 4) is 11.5 Å². The zero-order valence-electron chi connectivity index (χ0n) is 12.7. The molecule has 0 aliphatic carbocycles. The van der Waals surface area contributed by atoms with Gasteiger partial charge in [-0.1, -0.05) is 0 Å². The SMILES string of the molecule is COC(=O)CCC(=O)OCC(=O)c1ccc(OC)c(OC)c1. The molecule has 0 aliphatic rings. The number of Topliss-reactive ketones (excluding diaryl/α,β-unsaturated/α-hetero) is 1. The first kappa shape index (κ1) is 17.5. The predicted molar refractivity (Wildman–Crippen MR) is 76.1 cm³/mol. The number of benzene rings is 1. The zero-order chi connectivity index (χ0) is 16.5. The van der Waals surface area contributed by atoms with Gasteiger partial charge in [-0.05, 0) is 18.2 Å². The van der Waals surface area contributed by atoms with Crippen molar-refractivity contribution in [2.24, 2.45) is 0 Å². The number of hydrogen-bond acceptors (Lipinski definition) is 7. The molecule has 1 aromatic carbocycles. The third-order valence-electron chi connectivity index (χ3n) is 2.83. The maximum atomic E-state index is 11.9. The molecule has 1 aromatic rings. The summed E-state index contributed by atoms with van der Waals surface area (Å²) in [6.07, 6.45) is -0.216. The molecule has 0 unspecified atom stereocenters. The number of carbonyl (C=O) groups excluding carboxylic acids is 3. The Kier molecular flexibility index (Phi) is 6.88. The molecule has 0 heterocycles. The van der Waals surface area contributed by atoms with E-state index in [0.717, 1.165) is 0 Å². The second-order valence-corrected chi connectivity index (χ2v) is 4.23. The Bertz CT molecular complexity index is 551. The maximum absolute atomic E-state index is 11.9. The lowest BCUT2D eigenvalue weighted by molar-refractivity contribution is -0.148. The Morgan fingerprint density at radius 1 is 0.909 bits per heavy atom. The Hall–Kier alpha value is -2.57. The third kappa shape index (κ3) is 5.08. The average molecular weight is 310 g/mol. The molecule has 0 saturated carbocycles. The number of esters is 2. The van der Waals surface area contributed by atoms with Crippen molar-refractivity contribution in [1.29, 1.82) is 0 Å². The normalized spacial score (nSPS) is 9.77. The van der Waals surface area contributed by atoms with Gasteiger partial charge in [-0.15, -0.1) is 0 Å². The lowest BCUT2D eigenvalue weighted by atomic mass is 10.1. The molecule has 1 rings (SSSR count). The Balaban J connectivity index is 2.55. The molecule has 7 heteroatoms. The largest absolute Gasteiger partial charge is 0.493 e. The summed E-state index contributed by atoms with van der Waals surface area (Å²) in [6.45, 7) is -0.407. The van der Waals surface area contributed by atoms with E-state index in [2.05, 4.69) is 4.74 Å². The number of ether oxygens (including phenoxy) is 4. The highest BCUT2D eigenvalue weighted by atomic mass is 16.5. The molecule has 120 valence electrons. The lowest BCUT2D eigenvalue weighted by Crippen LogP contribution is -2.15. The third-order valence-corrected chi connectivity index (χ3v) is 2.83. The summed E-state index contributed by atoms with van der Waals surface area (Å²) < 4.78 is 19.4. The van der Waals surface area contributed by atoms with Crippen LogP contribution in [0.25, 0.3) is 0 Å². The highest BCUT2D eigenvalue weighted by molar-refractivity contribution is 5.98. The molecule has 0 radical (unpaired) electrons. The Labute approximate surface area is 128 Å². The van der Waals surface area contributed by atoms with E-state index in [1.165, 1.54) is 27.4 Å². The van der Waals surface area contributed by atoms with Crippen LogP contribution in [-0.2, 0) is 19.1 Å². The Morgan fingerprint density at radius 3 is 2.14 bits per heavy atom. The summed E-state index contributed by atoms with van der Waals surface area (Å²) in [6, 6.07) is 4.64. The molecule has 0 amide bonds. The first-order chi connectivity index (χ1) is 10.5. The van der Waals surface area contributed by atoms with Gasteiger partial charge in [0.05, 0.1) is 34.2 Å². The molecule has 0 aliphatic heterocycles. The predicted octanol–water partition coefficient (Wildman–Crippen LogP) is 1.38. The fraction of sp³-hybridized carbons (Fsp3) is 0.400. The highest BCUT2D eigenvalue weighted by Crippen LogP contribution is 2.27. The minimum absolute atomic E-state index is 0.0834. The van der Waals surface area contributed by atoms with Crippen molar-refractivity contribution < 1.29 is 33.3 Å². The summed E-state index contributed by atoms with van der Waals surface area (Å²) in [5.74, 6) is -0.630. The summed E-state index contributed by atoms with van der Waals surface area (Å²) in [5.41, 5.74) is 0.332. The van der Waals surface area contributed by atoms with Crippen molar-refractivity contribution in [1.82, 2.24) is 0 Å². The van der Waals surface area contributed by atoms with Crippen molar-refractivity contribution in [3.05, 3.63) is 23.8 Å². The fourth-order valence-corrected chi connectivity index (χ4v) is 1.62. The van der Waals surface area contributed by atoms with Gasteiger partial charge < -0.3 is 18.9 Å². The first-order valence-corrected chi connectivity index (χ1v) is 6.49. The summed E-state index contributed by atoms with van der Waals surface area (Å²) in [7, 11) is 4.18. The van der Waals surface area contributed by atoms with Crippen molar-refractivity contribution in [2.75, 3.05) is 27.9 Å². The van der Waals surface area contributed by atoms with Crippen LogP contribution in [-0.4, -0.2) is 45.7 Å². The van der Waals surface area contributed by atoms with Crippen molar-refractivity contribution in [3.63, 3.8) is 0 Å². The molecule has 0 saturated heterocycles. The van der Waals surface area contributed by atoms with E-state index < -0.39 is 18.5 Å². The molecule has 0 N–H and O–H groups in total. The molecule has 0 bridgehead atoms. The van der Waals surface area contributed by atoms with Crippen LogP contribution in [0.3, 0.4) is 0 Å². The standard InChI is InChI=1S/C15H18O7/c1-19-12-5-4-10(8-13(12)20-2)11(16)9-22-15(18)7-6-14(17)21-3/h4-5,8H,6-7,9H2,1-3H3. The van der Waals surface area contributed by atoms with Crippen LogP contribution in [0.4, 0.5) is 0 Å². The monoisotopic (exact) mass is 310 g/mol. The molecular weight excluding hydrogens is 292 g/mol. The molecule has 0 spiro atoms. The number of rotatable bonds is 8. The van der Waals surface area contributed by atoms with E-state index in [4.69, 9.17) is 14.2 Å². The average Bonchev–Trinajstić information content (AvgIpc) is 2.56. The van der Waals surface area contributed by atoms with Crippen molar-refractivity contribution in [2.45, 2.75) is 12.8 Å². The highest BCUT2D eigenvalue weighted by Gasteiger charge is 2.14. The van der Waals surface area contributed by atoms with Gasteiger partial charge in [-0.3, -0.25) is 14.4 Å². The van der Waals surface area contributed by atoms with Gasteiger partial charge in [0.1, 0.15) is 0 Å².